The lowest BCUT2D eigenvalue weighted by atomic mass is 9.82. The van der Waals surface area contributed by atoms with Crippen LogP contribution in [0, 0.1) is 0 Å². The van der Waals surface area contributed by atoms with E-state index in [1.165, 1.54) is 82.0 Å². The Morgan fingerprint density at radius 3 is 1.64 bits per heavy atom. The third kappa shape index (κ3) is 5.91. The predicted octanol–water partition coefficient (Wildman–Crippen LogP) is 19.3. The first kappa shape index (κ1) is 40.7. The van der Waals surface area contributed by atoms with Crippen LogP contribution in [0.3, 0.4) is 0 Å². The molecule has 0 amide bonds. The number of nitrogens with zero attached hydrogens (tertiary/aromatic N) is 2. The molecule has 0 atom stereocenters. The molecule has 15 rings (SSSR count). The lowest BCUT2D eigenvalue weighted by Gasteiger charge is -2.28. The van der Waals surface area contributed by atoms with Crippen LogP contribution >= 0.6 is 0 Å². The molecule has 3 nitrogen and oxygen atoms in total. The van der Waals surface area contributed by atoms with E-state index < -0.39 is 0 Å². The third-order valence-electron chi connectivity index (χ3n) is 15.7. The molecule has 0 N–H and O–H groups in total. The second-order valence-corrected chi connectivity index (χ2v) is 20.0. The zero-order chi connectivity index (χ0) is 47.7. The first-order chi connectivity index (χ1) is 35.5. The molecule has 2 aromatic heterocycles. The highest BCUT2D eigenvalue weighted by atomic mass is 16.3. The zero-order valence-electron chi connectivity index (χ0n) is 39.9. The van der Waals surface area contributed by atoms with Gasteiger partial charge in [0.2, 0.25) is 0 Å². The number of fused-ring (bicyclic) bond motifs is 15. The summed E-state index contributed by atoms with van der Waals surface area (Å²) in [5.41, 5.74) is 18.2. The van der Waals surface area contributed by atoms with Gasteiger partial charge in [-0.25, -0.2) is 0 Å². The number of aromatic nitrogens is 1. The molecule has 338 valence electrons. The van der Waals surface area contributed by atoms with Crippen molar-refractivity contribution in [1.29, 1.82) is 0 Å². The Kier molecular flexibility index (Phi) is 8.71. The van der Waals surface area contributed by atoms with E-state index >= 15 is 0 Å². The van der Waals surface area contributed by atoms with Crippen molar-refractivity contribution in [2.45, 2.75) is 19.3 Å². The zero-order valence-corrected chi connectivity index (χ0v) is 39.9. The predicted molar refractivity (Wildman–Crippen MR) is 304 cm³/mol. The number of benzene rings is 12. The summed E-state index contributed by atoms with van der Waals surface area (Å²) in [5, 5.41) is 12.1. The van der Waals surface area contributed by atoms with Crippen LogP contribution in [0.2, 0.25) is 0 Å². The first-order valence-electron chi connectivity index (χ1n) is 25.0. The van der Waals surface area contributed by atoms with Crippen LogP contribution in [0.5, 0.6) is 0 Å². The number of hydrogen-bond donors (Lipinski definition) is 0. The van der Waals surface area contributed by atoms with Crippen molar-refractivity contribution in [2.75, 3.05) is 4.90 Å². The van der Waals surface area contributed by atoms with Gasteiger partial charge >= 0.3 is 0 Å². The van der Waals surface area contributed by atoms with Crippen molar-refractivity contribution < 1.29 is 4.42 Å². The van der Waals surface area contributed by atoms with Crippen molar-refractivity contribution >= 4 is 93.1 Å². The van der Waals surface area contributed by atoms with Gasteiger partial charge in [-0.2, -0.15) is 0 Å². The standard InChI is InChI=1S/C69H46N2O/c1-69(2)60-27-15-13-25-55(60)56-37-34-48(40-61(56)69)70(47-32-29-44(30-33-47)43-17-5-3-6-18-43)49-35-38-57-62(41-49)71(46-19-7-4-8-20-46)63-42-65-68(58-26-14-16-28-64(58)72-65)66(67(57)63)45-31-36-54-52-23-10-9-21-50(52)51-22-11-12-24-53(51)59(54)39-45/h3-42H,1-2H3. The van der Waals surface area contributed by atoms with E-state index in [9.17, 15) is 0 Å². The molecule has 0 saturated carbocycles. The minimum absolute atomic E-state index is 0.159. The first-order valence-corrected chi connectivity index (χ1v) is 25.0. The van der Waals surface area contributed by atoms with Crippen molar-refractivity contribution in [3.8, 4) is 39.1 Å². The van der Waals surface area contributed by atoms with Gasteiger partial charge in [0, 0.05) is 61.3 Å². The normalized spacial score (nSPS) is 13.0. The topological polar surface area (TPSA) is 21.3 Å². The van der Waals surface area contributed by atoms with Crippen LogP contribution in [-0.2, 0) is 5.41 Å². The lowest BCUT2D eigenvalue weighted by Crippen LogP contribution is -2.16. The maximum atomic E-state index is 6.90. The quantitative estimate of drug-likeness (QED) is 0.155. The minimum atomic E-state index is -0.159. The Morgan fingerprint density at radius 2 is 0.889 bits per heavy atom. The maximum Gasteiger partial charge on any atom is 0.138 e. The lowest BCUT2D eigenvalue weighted by molar-refractivity contribution is 0.660. The molecule has 1 aliphatic carbocycles. The number of anilines is 3. The van der Waals surface area contributed by atoms with Crippen LogP contribution < -0.4 is 4.90 Å². The van der Waals surface area contributed by atoms with Gasteiger partial charge in [0.05, 0.1) is 11.0 Å². The molecule has 3 heteroatoms. The van der Waals surface area contributed by atoms with Crippen molar-refractivity contribution in [2.24, 2.45) is 0 Å². The van der Waals surface area contributed by atoms with Gasteiger partial charge in [-0.15, -0.1) is 0 Å². The maximum absolute atomic E-state index is 6.90. The van der Waals surface area contributed by atoms with Crippen molar-refractivity contribution in [3.05, 3.63) is 254 Å². The van der Waals surface area contributed by atoms with Crippen LogP contribution in [0.1, 0.15) is 25.0 Å². The summed E-state index contributed by atoms with van der Waals surface area (Å²) in [6.07, 6.45) is 0. The van der Waals surface area contributed by atoms with E-state index in [0.29, 0.717) is 0 Å². The smallest absolute Gasteiger partial charge is 0.138 e. The SMILES string of the molecule is CC1(C)c2ccccc2-c2ccc(N(c3ccc(-c4ccccc4)cc3)c3ccc4c5c(-c6ccc7c8ccccc8c8ccccc8c7c6)c6c(cc5n(-c5ccccc5)c4c3)oc3ccccc36)cc21. The Hall–Kier alpha value is -9.18. The van der Waals surface area contributed by atoms with Crippen molar-refractivity contribution in [3.63, 3.8) is 0 Å². The molecule has 12 aromatic carbocycles. The fourth-order valence-electron chi connectivity index (χ4n) is 12.4. The van der Waals surface area contributed by atoms with Gasteiger partial charge < -0.3 is 13.9 Å². The molecule has 14 aromatic rings. The highest BCUT2D eigenvalue weighted by Gasteiger charge is 2.36. The molecule has 2 heterocycles. The molecular weight excluding hydrogens is 873 g/mol. The van der Waals surface area contributed by atoms with Crippen LogP contribution in [0.4, 0.5) is 17.1 Å². The molecule has 0 radical (unpaired) electrons. The Balaban J connectivity index is 1.02. The third-order valence-corrected chi connectivity index (χ3v) is 15.7. The Morgan fingerprint density at radius 1 is 0.347 bits per heavy atom. The fraction of sp³-hybridized carbons (Fsp3) is 0.0435. The second kappa shape index (κ2) is 15.4. The Labute approximate surface area is 417 Å². The van der Waals surface area contributed by atoms with E-state index in [0.717, 1.165) is 61.3 Å². The summed E-state index contributed by atoms with van der Waals surface area (Å²) < 4.78 is 9.35. The monoisotopic (exact) mass is 918 g/mol. The average Bonchev–Trinajstić information content (AvgIpc) is 4.05. The van der Waals surface area contributed by atoms with E-state index in [1.54, 1.807) is 0 Å². The number of rotatable bonds is 6. The van der Waals surface area contributed by atoms with Gasteiger partial charge in [0.15, 0.2) is 0 Å². The van der Waals surface area contributed by atoms with Crippen LogP contribution in [0.15, 0.2) is 247 Å². The summed E-state index contributed by atoms with van der Waals surface area (Å²) >= 11 is 0. The molecule has 0 spiro atoms. The van der Waals surface area contributed by atoms with Gasteiger partial charge in [0.25, 0.3) is 0 Å². The van der Waals surface area contributed by atoms with Gasteiger partial charge in [-0.3, -0.25) is 0 Å². The highest BCUT2D eigenvalue weighted by Crippen LogP contribution is 2.52. The molecule has 0 aliphatic heterocycles. The van der Waals surface area contributed by atoms with Crippen LogP contribution in [-0.4, -0.2) is 4.57 Å². The summed E-state index contributed by atoms with van der Waals surface area (Å²) in [4.78, 5) is 2.44. The molecule has 1 aliphatic rings. The molecule has 0 fully saturated rings. The van der Waals surface area contributed by atoms with Gasteiger partial charge in [0.1, 0.15) is 11.2 Å². The Bertz CT molecular complexity index is 4490. The van der Waals surface area contributed by atoms with Gasteiger partial charge in [-0.05, 0) is 132 Å². The van der Waals surface area contributed by atoms with E-state index in [1.807, 2.05) is 0 Å². The fourth-order valence-corrected chi connectivity index (χ4v) is 12.4. The highest BCUT2D eigenvalue weighted by molar-refractivity contribution is 6.30. The summed E-state index contributed by atoms with van der Waals surface area (Å²) in [6.45, 7) is 4.73. The summed E-state index contributed by atoms with van der Waals surface area (Å²) in [7, 11) is 0. The van der Waals surface area contributed by atoms with Gasteiger partial charge in [-0.1, -0.05) is 190 Å². The number of furan rings is 1. The summed E-state index contributed by atoms with van der Waals surface area (Å²) in [6, 6.07) is 89.2. The van der Waals surface area contributed by atoms with Crippen LogP contribution in [0.25, 0.3) is 115 Å². The molecular formula is C69H46N2O. The number of para-hydroxylation sites is 2. The molecule has 0 bridgehead atoms. The van der Waals surface area contributed by atoms with E-state index in [-0.39, 0.29) is 5.41 Å². The van der Waals surface area contributed by atoms with E-state index in [2.05, 4.69) is 266 Å². The average molecular weight is 919 g/mol. The van der Waals surface area contributed by atoms with E-state index in [4.69, 9.17) is 4.42 Å². The summed E-state index contributed by atoms with van der Waals surface area (Å²) in [5.74, 6) is 0. The second-order valence-electron chi connectivity index (χ2n) is 20.0. The van der Waals surface area contributed by atoms with Crippen molar-refractivity contribution in [1.82, 2.24) is 4.57 Å². The largest absolute Gasteiger partial charge is 0.456 e. The molecule has 72 heavy (non-hydrogen) atoms. The number of hydrogen-bond acceptors (Lipinski definition) is 2. The minimum Gasteiger partial charge on any atom is -0.456 e. The molecule has 0 saturated heterocycles. The molecule has 0 unspecified atom stereocenters.